The number of hydrogen-bond acceptors (Lipinski definition) is 2. The zero-order valence-corrected chi connectivity index (χ0v) is 12.3. The van der Waals surface area contributed by atoms with Gasteiger partial charge in [0.25, 0.3) is 0 Å². The minimum Gasteiger partial charge on any atom is -0.315 e. The molecule has 1 N–H and O–H groups in total. The smallest absolute Gasteiger partial charge is 0.0240 e. The van der Waals surface area contributed by atoms with Crippen molar-refractivity contribution < 1.29 is 0 Å². The highest BCUT2D eigenvalue weighted by Crippen LogP contribution is 2.10. The van der Waals surface area contributed by atoms with Gasteiger partial charge in [-0.1, -0.05) is 51.1 Å². The quantitative estimate of drug-likeness (QED) is 0.761. The number of benzene rings is 1. The highest BCUT2D eigenvalue weighted by molar-refractivity contribution is 5.14. The second-order valence-electron chi connectivity index (χ2n) is 5.34. The van der Waals surface area contributed by atoms with Crippen molar-refractivity contribution in [2.75, 3.05) is 26.7 Å². The SMILES string of the molecule is CCNCC(C(C)C)N(C)CCc1ccccc1. The van der Waals surface area contributed by atoms with Crippen molar-refractivity contribution in [2.45, 2.75) is 33.2 Å². The summed E-state index contributed by atoms with van der Waals surface area (Å²) in [6.45, 7) is 10.0. The molecule has 0 aromatic heterocycles. The average Bonchev–Trinajstić information content (AvgIpc) is 2.37. The zero-order chi connectivity index (χ0) is 13.4. The molecule has 0 amide bonds. The molecule has 0 heterocycles. The van der Waals surface area contributed by atoms with Crippen LogP contribution in [0.2, 0.25) is 0 Å². The third-order valence-corrected chi connectivity index (χ3v) is 3.54. The highest BCUT2D eigenvalue weighted by atomic mass is 15.1. The molecule has 0 saturated heterocycles. The van der Waals surface area contributed by atoms with Gasteiger partial charge in [-0.3, -0.25) is 0 Å². The van der Waals surface area contributed by atoms with Crippen LogP contribution in [-0.4, -0.2) is 37.6 Å². The van der Waals surface area contributed by atoms with E-state index < -0.39 is 0 Å². The molecule has 0 fully saturated rings. The fourth-order valence-electron chi connectivity index (χ4n) is 2.31. The van der Waals surface area contributed by atoms with E-state index in [4.69, 9.17) is 0 Å². The minimum absolute atomic E-state index is 0.619. The minimum atomic E-state index is 0.619. The summed E-state index contributed by atoms with van der Waals surface area (Å²) in [5, 5.41) is 3.47. The van der Waals surface area contributed by atoms with Gasteiger partial charge in [-0.15, -0.1) is 0 Å². The number of rotatable bonds is 8. The number of nitrogens with zero attached hydrogens (tertiary/aromatic N) is 1. The van der Waals surface area contributed by atoms with E-state index in [9.17, 15) is 0 Å². The van der Waals surface area contributed by atoms with Gasteiger partial charge >= 0.3 is 0 Å². The summed E-state index contributed by atoms with van der Waals surface area (Å²) < 4.78 is 0. The van der Waals surface area contributed by atoms with Crippen LogP contribution >= 0.6 is 0 Å². The fraction of sp³-hybridized carbons (Fsp3) is 0.625. The predicted octanol–water partition coefficient (Wildman–Crippen LogP) is 2.80. The third-order valence-electron chi connectivity index (χ3n) is 3.54. The maximum absolute atomic E-state index is 3.47. The molecule has 18 heavy (non-hydrogen) atoms. The highest BCUT2D eigenvalue weighted by Gasteiger charge is 2.17. The van der Waals surface area contributed by atoms with Crippen LogP contribution in [-0.2, 0) is 6.42 Å². The van der Waals surface area contributed by atoms with Crippen LogP contribution in [0.1, 0.15) is 26.3 Å². The topological polar surface area (TPSA) is 15.3 Å². The molecule has 0 bridgehead atoms. The van der Waals surface area contributed by atoms with E-state index >= 15 is 0 Å². The van der Waals surface area contributed by atoms with E-state index in [1.165, 1.54) is 5.56 Å². The Morgan fingerprint density at radius 2 is 1.83 bits per heavy atom. The largest absolute Gasteiger partial charge is 0.315 e. The molecular weight excluding hydrogens is 220 g/mol. The molecular formula is C16H28N2. The first-order valence-electron chi connectivity index (χ1n) is 7.10. The molecule has 1 rings (SSSR count). The Labute approximate surface area is 112 Å². The molecule has 2 nitrogen and oxygen atoms in total. The van der Waals surface area contributed by atoms with Gasteiger partial charge in [-0.2, -0.15) is 0 Å². The summed E-state index contributed by atoms with van der Waals surface area (Å²) in [5.74, 6) is 0.685. The van der Waals surface area contributed by atoms with Gasteiger partial charge < -0.3 is 10.2 Å². The van der Waals surface area contributed by atoms with E-state index in [2.05, 4.69) is 68.4 Å². The van der Waals surface area contributed by atoms with E-state index in [1.54, 1.807) is 0 Å². The van der Waals surface area contributed by atoms with Crippen molar-refractivity contribution in [3.05, 3.63) is 35.9 Å². The molecule has 0 spiro atoms. The molecule has 0 aliphatic heterocycles. The first-order chi connectivity index (χ1) is 8.65. The van der Waals surface area contributed by atoms with Crippen LogP contribution in [0.3, 0.4) is 0 Å². The van der Waals surface area contributed by atoms with Crippen LogP contribution in [0.15, 0.2) is 30.3 Å². The van der Waals surface area contributed by atoms with Gasteiger partial charge in [0.15, 0.2) is 0 Å². The van der Waals surface area contributed by atoms with Gasteiger partial charge in [-0.05, 0) is 31.5 Å². The zero-order valence-electron chi connectivity index (χ0n) is 12.3. The summed E-state index contributed by atoms with van der Waals surface area (Å²) in [4.78, 5) is 2.49. The lowest BCUT2D eigenvalue weighted by atomic mass is 10.0. The van der Waals surface area contributed by atoms with Crippen LogP contribution in [0.4, 0.5) is 0 Å². The third kappa shape index (κ3) is 5.19. The Bertz CT molecular complexity index is 308. The average molecular weight is 248 g/mol. The molecule has 1 aromatic rings. The number of nitrogens with one attached hydrogen (secondary N) is 1. The van der Waals surface area contributed by atoms with Gasteiger partial charge in [0.2, 0.25) is 0 Å². The summed E-state index contributed by atoms with van der Waals surface area (Å²) in [7, 11) is 2.24. The molecule has 0 saturated carbocycles. The Hall–Kier alpha value is -0.860. The summed E-state index contributed by atoms with van der Waals surface area (Å²) in [6.07, 6.45) is 1.13. The van der Waals surface area contributed by atoms with E-state index in [0.29, 0.717) is 12.0 Å². The molecule has 1 atom stereocenters. The summed E-state index contributed by atoms with van der Waals surface area (Å²) in [5.41, 5.74) is 1.43. The monoisotopic (exact) mass is 248 g/mol. The maximum atomic E-state index is 3.47. The lowest BCUT2D eigenvalue weighted by molar-refractivity contribution is 0.190. The van der Waals surface area contributed by atoms with Crippen LogP contribution in [0.25, 0.3) is 0 Å². The van der Waals surface area contributed by atoms with Crippen LogP contribution < -0.4 is 5.32 Å². The van der Waals surface area contributed by atoms with E-state index in [-0.39, 0.29) is 0 Å². The van der Waals surface area contributed by atoms with Crippen molar-refractivity contribution in [2.24, 2.45) is 5.92 Å². The first kappa shape index (κ1) is 15.2. The molecule has 102 valence electrons. The lowest BCUT2D eigenvalue weighted by Gasteiger charge is -2.31. The summed E-state index contributed by atoms with van der Waals surface area (Å²) >= 11 is 0. The van der Waals surface area contributed by atoms with Gasteiger partial charge in [0.1, 0.15) is 0 Å². The molecule has 2 heteroatoms. The summed E-state index contributed by atoms with van der Waals surface area (Å²) in [6, 6.07) is 11.4. The predicted molar refractivity (Wildman–Crippen MR) is 79.9 cm³/mol. The second-order valence-corrected chi connectivity index (χ2v) is 5.34. The number of hydrogen-bond donors (Lipinski definition) is 1. The van der Waals surface area contributed by atoms with Crippen molar-refractivity contribution in [1.82, 2.24) is 10.2 Å². The Balaban J connectivity index is 2.43. The van der Waals surface area contributed by atoms with Gasteiger partial charge in [-0.25, -0.2) is 0 Å². The van der Waals surface area contributed by atoms with Gasteiger partial charge in [0.05, 0.1) is 0 Å². The lowest BCUT2D eigenvalue weighted by Crippen LogP contribution is -2.44. The molecule has 0 aliphatic carbocycles. The molecule has 0 radical (unpaired) electrons. The van der Waals surface area contributed by atoms with E-state index in [1.807, 2.05) is 0 Å². The van der Waals surface area contributed by atoms with Crippen LogP contribution in [0.5, 0.6) is 0 Å². The van der Waals surface area contributed by atoms with Crippen molar-refractivity contribution >= 4 is 0 Å². The van der Waals surface area contributed by atoms with Crippen LogP contribution in [0, 0.1) is 5.92 Å². The number of likely N-dealkylation sites (N-methyl/N-ethyl adjacent to an activating group) is 2. The van der Waals surface area contributed by atoms with Gasteiger partial charge in [0, 0.05) is 19.1 Å². The second kappa shape index (κ2) is 8.28. The Morgan fingerprint density at radius 3 is 2.39 bits per heavy atom. The molecule has 1 aromatic carbocycles. The first-order valence-corrected chi connectivity index (χ1v) is 7.10. The standard InChI is InChI=1S/C16H28N2/c1-5-17-13-16(14(2)3)18(4)12-11-15-9-7-6-8-10-15/h6-10,14,16-17H,5,11-13H2,1-4H3. The maximum Gasteiger partial charge on any atom is 0.0240 e. The molecule has 1 unspecified atom stereocenters. The normalized spacial score (nSPS) is 13.2. The van der Waals surface area contributed by atoms with Crippen molar-refractivity contribution in [1.29, 1.82) is 0 Å². The van der Waals surface area contributed by atoms with E-state index in [0.717, 1.165) is 26.1 Å². The molecule has 0 aliphatic rings. The van der Waals surface area contributed by atoms with Crippen molar-refractivity contribution in [3.8, 4) is 0 Å². The fourth-order valence-corrected chi connectivity index (χ4v) is 2.31. The van der Waals surface area contributed by atoms with Crippen molar-refractivity contribution in [3.63, 3.8) is 0 Å². The Morgan fingerprint density at radius 1 is 1.17 bits per heavy atom. The Kier molecular flexibility index (Phi) is 6.99.